The quantitative estimate of drug-likeness (QED) is 0.288. The molecule has 0 radical (unpaired) electrons. The number of aryl methyl sites for hydroxylation is 1. The molecule has 1 atom stereocenters. The maximum Gasteiger partial charge on any atom is 0.166 e. The van der Waals surface area contributed by atoms with Crippen molar-refractivity contribution in [3.63, 3.8) is 0 Å². The SMILES string of the molecule is Oc1ccc2c(c1)CCCC(c1ccc3oncc3c1)=C2c1ccc(O[C@H]2CCCN(CCCF)C2)cc1. The molecule has 1 N–H and O–H groups in total. The molecule has 1 fully saturated rings. The number of benzene rings is 3. The van der Waals surface area contributed by atoms with E-state index >= 15 is 0 Å². The fourth-order valence-corrected chi connectivity index (χ4v) is 5.94. The molecular weight excluding hydrogens is 479 g/mol. The van der Waals surface area contributed by atoms with Crippen LogP contribution in [0.1, 0.15) is 54.4 Å². The minimum Gasteiger partial charge on any atom is -0.508 e. The summed E-state index contributed by atoms with van der Waals surface area (Å²) in [4.78, 5) is 2.31. The average molecular weight is 513 g/mol. The molecule has 1 aliphatic heterocycles. The van der Waals surface area contributed by atoms with Crippen LogP contribution in [0.15, 0.2) is 71.4 Å². The number of aromatic nitrogens is 1. The summed E-state index contributed by atoms with van der Waals surface area (Å²) in [7, 11) is 0. The van der Waals surface area contributed by atoms with Gasteiger partial charge in [0.2, 0.25) is 0 Å². The Bertz CT molecular complexity index is 1440. The molecule has 6 heteroatoms. The first-order chi connectivity index (χ1) is 18.7. The number of fused-ring (bicyclic) bond motifs is 2. The molecule has 196 valence electrons. The van der Waals surface area contributed by atoms with Crippen LogP contribution in [0.3, 0.4) is 0 Å². The first-order valence-corrected chi connectivity index (χ1v) is 13.6. The van der Waals surface area contributed by atoms with Crippen molar-refractivity contribution in [3.05, 3.63) is 89.1 Å². The smallest absolute Gasteiger partial charge is 0.166 e. The van der Waals surface area contributed by atoms with E-state index in [9.17, 15) is 9.50 Å². The molecule has 1 saturated heterocycles. The van der Waals surface area contributed by atoms with Crippen molar-refractivity contribution in [2.75, 3.05) is 26.3 Å². The molecule has 2 aliphatic rings. The maximum atomic E-state index is 12.6. The molecule has 1 aliphatic carbocycles. The fraction of sp³-hybridized carbons (Fsp3) is 0.344. The molecule has 0 saturated carbocycles. The normalized spacial score (nSPS) is 18.4. The van der Waals surface area contributed by atoms with E-state index in [1.165, 1.54) is 11.1 Å². The van der Waals surface area contributed by atoms with Gasteiger partial charge in [-0.15, -0.1) is 0 Å². The van der Waals surface area contributed by atoms with Crippen LogP contribution < -0.4 is 4.74 Å². The number of allylic oxidation sites excluding steroid dienone is 1. The Labute approximate surface area is 222 Å². The molecule has 0 spiro atoms. The standard InChI is InChI=1S/C32H33FN2O3/c33-15-3-17-35-16-2-5-28(21-35)37-27-11-7-22(8-12-27)32-29(24-9-14-31-25(18-24)20-34-38-31)6-1-4-23-19-26(36)10-13-30(23)32/h7-14,18-20,28,36H,1-6,15-17,21H2/t28-/m0/s1. The molecule has 0 amide bonds. The van der Waals surface area contributed by atoms with Crippen molar-refractivity contribution >= 4 is 22.1 Å². The van der Waals surface area contributed by atoms with E-state index in [1.54, 1.807) is 12.3 Å². The Kier molecular flexibility index (Phi) is 7.14. The summed E-state index contributed by atoms with van der Waals surface area (Å²) in [6, 6.07) is 20.4. The van der Waals surface area contributed by atoms with Crippen molar-refractivity contribution in [2.24, 2.45) is 0 Å². The zero-order chi connectivity index (χ0) is 25.9. The summed E-state index contributed by atoms with van der Waals surface area (Å²) in [5.41, 5.74) is 7.86. The largest absolute Gasteiger partial charge is 0.508 e. The van der Waals surface area contributed by atoms with Crippen LogP contribution in [0.5, 0.6) is 11.5 Å². The number of phenolic OH excluding ortho intramolecular Hbond substituents is 1. The second-order valence-corrected chi connectivity index (χ2v) is 10.4. The Balaban J connectivity index is 1.34. The lowest BCUT2D eigenvalue weighted by atomic mass is 9.87. The summed E-state index contributed by atoms with van der Waals surface area (Å²) in [5, 5.41) is 15.1. The van der Waals surface area contributed by atoms with Gasteiger partial charge in [0.15, 0.2) is 5.58 Å². The number of piperidine rings is 1. The maximum absolute atomic E-state index is 12.6. The van der Waals surface area contributed by atoms with Gasteiger partial charge in [-0.05, 0) is 115 Å². The number of alkyl halides is 1. The zero-order valence-electron chi connectivity index (χ0n) is 21.5. The minimum absolute atomic E-state index is 0.126. The fourth-order valence-electron chi connectivity index (χ4n) is 5.94. The third kappa shape index (κ3) is 5.18. The van der Waals surface area contributed by atoms with Crippen LogP contribution >= 0.6 is 0 Å². The van der Waals surface area contributed by atoms with Crippen LogP contribution in [0.4, 0.5) is 4.39 Å². The first kappa shape index (κ1) is 24.7. The lowest BCUT2D eigenvalue weighted by molar-refractivity contribution is 0.0866. The molecule has 0 bridgehead atoms. The predicted octanol–water partition coefficient (Wildman–Crippen LogP) is 7.03. The zero-order valence-corrected chi connectivity index (χ0v) is 21.5. The molecule has 3 aromatic carbocycles. The number of ether oxygens (including phenoxy) is 1. The van der Waals surface area contributed by atoms with Crippen molar-refractivity contribution in [1.29, 1.82) is 0 Å². The van der Waals surface area contributed by atoms with Gasteiger partial charge in [0, 0.05) is 18.5 Å². The molecule has 1 aromatic heterocycles. The summed E-state index contributed by atoms with van der Waals surface area (Å²) in [5.74, 6) is 1.16. The van der Waals surface area contributed by atoms with Gasteiger partial charge in [-0.3, -0.25) is 9.29 Å². The topological polar surface area (TPSA) is 58.7 Å². The van der Waals surface area contributed by atoms with Gasteiger partial charge in [-0.1, -0.05) is 29.4 Å². The van der Waals surface area contributed by atoms with E-state index in [0.717, 1.165) is 90.7 Å². The van der Waals surface area contributed by atoms with Crippen molar-refractivity contribution < 1.29 is 18.8 Å². The van der Waals surface area contributed by atoms with E-state index < -0.39 is 0 Å². The summed E-state index contributed by atoms with van der Waals surface area (Å²) in [6.45, 7) is 2.39. The summed E-state index contributed by atoms with van der Waals surface area (Å²) in [6.07, 6.45) is 7.40. The molecule has 5 nitrogen and oxygen atoms in total. The number of phenols is 1. The third-order valence-electron chi connectivity index (χ3n) is 7.75. The minimum atomic E-state index is -0.267. The Morgan fingerprint density at radius 1 is 1.00 bits per heavy atom. The number of likely N-dealkylation sites (tertiary alicyclic amines) is 1. The molecule has 6 rings (SSSR count). The third-order valence-corrected chi connectivity index (χ3v) is 7.75. The van der Waals surface area contributed by atoms with Gasteiger partial charge in [0.25, 0.3) is 0 Å². The van der Waals surface area contributed by atoms with Crippen LogP contribution in [0.25, 0.3) is 22.1 Å². The molecule has 0 unspecified atom stereocenters. The number of halogens is 1. The van der Waals surface area contributed by atoms with Crippen molar-refractivity contribution in [2.45, 2.75) is 44.6 Å². The second kappa shape index (κ2) is 11.0. The van der Waals surface area contributed by atoms with Gasteiger partial charge in [0.1, 0.15) is 17.6 Å². The van der Waals surface area contributed by atoms with Crippen LogP contribution in [-0.4, -0.2) is 47.6 Å². The van der Waals surface area contributed by atoms with Gasteiger partial charge >= 0.3 is 0 Å². The van der Waals surface area contributed by atoms with Crippen molar-refractivity contribution in [3.8, 4) is 11.5 Å². The number of aromatic hydroxyl groups is 1. The van der Waals surface area contributed by atoms with Crippen LogP contribution in [0, 0.1) is 0 Å². The monoisotopic (exact) mass is 512 g/mol. The molecular formula is C32H33FN2O3. The van der Waals surface area contributed by atoms with Crippen LogP contribution in [0.2, 0.25) is 0 Å². The number of rotatable bonds is 7. The Hall–Kier alpha value is -3.64. The van der Waals surface area contributed by atoms with E-state index in [2.05, 4.69) is 46.5 Å². The lowest BCUT2D eigenvalue weighted by Crippen LogP contribution is -2.41. The average Bonchev–Trinajstić information content (AvgIpc) is 3.33. The van der Waals surface area contributed by atoms with Crippen molar-refractivity contribution in [1.82, 2.24) is 10.1 Å². The van der Waals surface area contributed by atoms with Gasteiger partial charge in [0.05, 0.1) is 12.9 Å². The second-order valence-electron chi connectivity index (χ2n) is 10.4. The number of nitrogens with zero attached hydrogens (tertiary/aromatic N) is 2. The molecule has 4 aromatic rings. The number of hydrogen-bond donors (Lipinski definition) is 1. The van der Waals surface area contributed by atoms with E-state index in [0.29, 0.717) is 12.2 Å². The number of hydrogen-bond acceptors (Lipinski definition) is 5. The highest BCUT2D eigenvalue weighted by Crippen LogP contribution is 2.41. The Morgan fingerprint density at radius 2 is 1.87 bits per heavy atom. The first-order valence-electron chi connectivity index (χ1n) is 13.6. The lowest BCUT2D eigenvalue weighted by Gasteiger charge is -2.32. The van der Waals surface area contributed by atoms with Crippen LogP contribution in [-0.2, 0) is 6.42 Å². The van der Waals surface area contributed by atoms with Gasteiger partial charge < -0.3 is 14.4 Å². The summed E-state index contributed by atoms with van der Waals surface area (Å²) >= 11 is 0. The molecule has 2 heterocycles. The van der Waals surface area contributed by atoms with E-state index in [1.807, 2.05) is 18.2 Å². The highest BCUT2D eigenvalue weighted by atomic mass is 19.1. The van der Waals surface area contributed by atoms with E-state index in [-0.39, 0.29) is 12.8 Å². The highest BCUT2D eigenvalue weighted by Gasteiger charge is 2.23. The summed E-state index contributed by atoms with van der Waals surface area (Å²) < 4.78 is 24.3. The van der Waals surface area contributed by atoms with Gasteiger partial charge in [-0.2, -0.15) is 0 Å². The Morgan fingerprint density at radius 3 is 2.74 bits per heavy atom. The highest BCUT2D eigenvalue weighted by molar-refractivity contribution is 6.01. The molecule has 38 heavy (non-hydrogen) atoms. The predicted molar refractivity (Wildman–Crippen MR) is 148 cm³/mol. The van der Waals surface area contributed by atoms with E-state index in [4.69, 9.17) is 9.26 Å². The van der Waals surface area contributed by atoms with Gasteiger partial charge in [-0.25, -0.2) is 0 Å².